The molecule has 0 heterocycles. The van der Waals surface area contributed by atoms with E-state index in [2.05, 4.69) is 5.32 Å². The topological polar surface area (TPSA) is 49.4 Å². The first-order valence-corrected chi connectivity index (χ1v) is 6.57. The van der Waals surface area contributed by atoms with Gasteiger partial charge in [0.1, 0.15) is 0 Å². The standard InChI is InChI=1S/C14H19ClN2O2/c1-10(2)8-17(11(3)18)9-14(19)16-13-6-4-5-12(15)7-13/h4-7,10H,8-9H2,1-3H3,(H,16,19). The Balaban J connectivity index is 2.60. The average Bonchev–Trinajstić information content (AvgIpc) is 2.27. The van der Waals surface area contributed by atoms with Crippen LogP contribution in [0.1, 0.15) is 20.8 Å². The minimum atomic E-state index is -0.224. The van der Waals surface area contributed by atoms with Gasteiger partial charge in [0.15, 0.2) is 0 Å². The van der Waals surface area contributed by atoms with E-state index in [-0.39, 0.29) is 18.4 Å². The maximum Gasteiger partial charge on any atom is 0.243 e. The lowest BCUT2D eigenvalue weighted by Crippen LogP contribution is -2.38. The van der Waals surface area contributed by atoms with E-state index >= 15 is 0 Å². The number of nitrogens with one attached hydrogen (secondary N) is 1. The van der Waals surface area contributed by atoms with Gasteiger partial charge in [-0.1, -0.05) is 31.5 Å². The van der Waals surface area contributed by atoms with Gasteiger partial charge in [0.2, 0.25) is 11.8 Å². The molecule has 1 aromatic rings. The lowest BCUT2D eigenvalue weighted by atomic mass is 10.2. The smallest absolute Gasteiger partial charge is 0.243 e. The van der Waals surface area contributed by atoms with Crippen LogP contribution in [0.15, 0.2) is 24.3 Å². The molecule has 0 bridgehead atoms. The summed E-state index contributed by atoms with van der Waals surface area (Å²) < 4.78 is 0. The van der Waals surface area contributed by atoms with Gasteiger partial charge < -0.3 is 10.2 Å². The lowest BCUT2D eigenvalue weighted by molar-refractivity contribution is -0.133. The summed E-state index contributed by atoms with van der Waals surface area (Å²) in [6.45, 7) is 6.10. The van der Waals surface area contributed by atoms with Gasteiger partial charge in [-0.05, 0) is 24.1 Å². The van der Waals surface area contributed by atoms with Gasteiger partial charge in [-0.25, -0.2) is 0 Å². The van der Waals surface area contributed by atoms with Gasteiger partial charge in [0, 0.05) is 24.2 Å². The molecule has 0 saturated heterocycles. The van der Waals surface area contributed by atoms with Crippen molar-refractivity contribution in [1.82, 2.24) is 4.90 Å². The zero-order chi connectivity index (χ0) is 14.4. The summed E-state index contributed by atoms with van der Waals surface area (Å²) in [6, 6.07) is 6.91. The van der Waals surface area contributed by atoms with Crippen LogP contribution in [-0.4, -0.2) is 29.8 Å². The summed E-state index contributed by atoms with van der Waals surface area (Å²) in [5.41, 5.74) is 0.630. The fourth-order valence-corrected chi connectivity index (χ4v) is 1.88. The van der Waals surface area contributed by atoms with E-state index in [1.54, 1.807) is 24.3 Å². The van der Waals surface area contributed by atoms with Crippen LogP contribution in [0.25, 0.3) is 0 Å². The molecule has 2 amide bonds. The largest absolute Gasteiger partial charge is 0.333 e. The van der Waals surface area contributed by atoms with E-state index in [0.29, 0.717) is 23.2 Å². The number of amides is 2. The molecule has 0 unspecified atom stereocenters. The molecule has 1 N–H and O–H groups in total. The third-order valence-corrected chi connectivity index (χ3v) is 2.71. The average molecular weight is 283 g/mol. The van der Waals surface area contributed by atoms with Gasteiger partial charge in [0.05, 0.1) is 6.54 Å². The Bertz CT molecular complexity index is 461. The number of rotatable bonds is 5. The maximum atomic E-state index is 11.9. The number of carbonyl (C=O) groups excluding carboxylic acids is 2. The monoisotopic (exact) mass is 282 g/mol. The van der Waals surface area contributed by atoms with Crippen LogP contribution in [0.4, 0.5) is 5.69 Å². The Morgan fingerprint density at radius 1 is 1.37 bits per heavy atom. The zero-order valence-corrected chi connectivity index (χ0v) is 12.2. The molecule has 0 aliphatic heterocycles. The fraction of sp³-hybridized carbons (Fsp3) is 0.429. The predicted octanol–water partition coefficient (Wildman–Crippen LogP) is 2.78. The molecule has 0 radical (unpaired) electrons. The van der Waals surface area contributed by atoms with Gasteiger partial charge in [-0.2, -0.15) is 0 Å². The molecule has 1 aromatic carbocycles. The van der Waals surface area contributed by atoms with Crippen LogP contribution in [-0.2, 0) is 9.59 Å². The van der Waals surface area contributed by atoms with Gasteiger partial charge in [0.25, 0.3) is 0 Å². The van der Waals surface area contributed by atoms with Crippen LogP contribution in [0.3, 0.4) is 0 Å². The van der Waals surface area contributed by atoms with E-state index in [9.17, 15) is 9.59 Å². The Kier molecular flexibility index (Phi) is 5.83. The lowest BCUT2D eigenvalue weighted by Gasteiger charge is -2.22. The highest BCUT2D eigenvalue weighted by Crippen LogP contribution is 2.14. The first-order chi connectivity index (χ1) is 8.88. The van der Waals surface area contributed by atoms with Crippen molar-refractivity contribution < 1.29 is 9.59 Å². The number of anilines is 1. The summed E-state index contributed by atoms with van der Waals surface area (Å²) >= 11 is 5.84. The highest BCUT2D eigenvalue weighted by molar-refractivity contribution is 6.30. The van der Waals surface area contributed by atoms with Crippen molar-refractivity contribution in [1.29, 1.82) is 0 Å². The van der Waals surface area contributed by atoms with Crippen molar-refractivity contribution in [3.8, 4) is 0 Å². The molecule has 0 aliphatic carbocycles. The van der Waals surface area contributed by atoms with E-state index in [1.165, 1.54) is 11.8 Å². The van der Waals surface area contributed by atoms with Crippen LogP contribution >= 0.6 is 11.6 Å². The molecule has 4 nitrogen and oxygen atoms in total. The van der Waals surface area contributed by atoms with E-state index in [1.807, 2.05) is 13.8 Å². The van der Waals surface area contributed by atoms with E-state index in [0.717, 1.165) is 0 Å². The summed E-state index contributed by atoms with van der Waals surface area (Å²) in [4.78, 5) is 24.9. The number of carbonyl (C=O) groups is 2. The Hall–Kier alpha value is -1.55. The zero-order valence-electron chi connectivity index (χ0n) is 11.4. The van der Waals surface area contributed by atoms with Crippen LogP contribution < -0.4 is 5.32 Å². The second-order valence-corrected chi connectivity index (χ2v) is 5.29. The SMILES string of the molecule is CC(=O)N(CC(=O)Nc1cccc(Cl)c1)CC(C)C. The van der Waals surface area contributed by atoms with Gasteiger partial charge in [-0.3, -0.25) is 9.59 Å². The number of hydrogen-bond acceptors (Lipinski definition) is 2. The second-order valence-electron chi connectivity index (χ2n) is 4.85. The second kappa shape index (κ2) is 7.14. The summed E-state index contributed by atoms with van der Waals surface area (Å²) in [6.07, 6.45) is 0. The van der Waals surface area contributed by atoms with E-state index in [4.69, 9.17) is 11.6 Å². The molecule has 0 saturated carbocycles. The van der Waals surface area contributed by atoms with Crippen LogP contribution in [0.2, 0.25) is 5.02 Å². The van der Waals surface area contributed by atoms with Crippen molar-refractivity contribution in [2.24, 2.45) is 5.92 Å². The van der Waals surface area contributed by atoms with Crippen molar-refractivity contribution in [2.45, 2.75) is 20.8 Å². The first-order valence-electron chi connectivity index (χ1n) is 6.19. The Morgan fingerprint density at radius 3 is 2.58 bits per heavy atom. The van der Waals surface area contributed by atoms with Crippen molar-refractivity contribution in [3.05, 3.63) is 29.3 Å². The fourth-order valence-electron chi connectivity index (χ4n) is 1.69. The van der Waals surface area contributed by atoms with Gasteiger partial charge in [-0.15, -0.1) is 0 Å². The number of hydrogen-bond donors (Lipinski definition) is 1. The summed E-state index contributed by atoms with van der Waals surface area (Å²) in [5.74, 6) is -0.00377. The molecule has 0 aliphatic rings. The predicted molar refractivity (Wildman–Crippen MR) is 77.2 cm³/mol. The van der Waals surface area contributed by atoms with Crippen molar-refractivity contribution in [2.75, 3.05) is 18.4 Å². The Labute approximate surface area is 118 Å². The van der Waals surface area contributed by atoms with E-state index < -0.39 is 0 Å². The van der Waals surface area contributed by atoms with Crippen LogP contribution in [0, 0.1) is 5.92 Å². The molecule has 19 heavy (non-hydrogen) atoms. The molecule has 0 spiro atoms. The molecular formula is C14H19ClN2O2. The molecule has 1 rings (SSSR count). The number of nitrogens with zero attached hydrogens (tertiary/aromatic N) is 1. The Morgan fingerprint density at radius 2 is 2.05 bits per heavy atom. The molecular weight excluding hydrogens is 264 g/mol. The van der Waals surface area contributed by atoms with Crippen LogP contribution in [0.5, 0.6) is 0 Å². The first kappa shape index (κ1) is 15.5. The molecule has 104 valence electrons. The molecule has 0 fully saturated rings. The molecule has 5 heteroatoms. The quantitative estimate of drug-likeness (QED) is 0.903. The normalized spacial score (nSPS) is 10.4. The van der Waals surface area contributed by atoms with Gasteiger partial charge >= 0.3 is 0 Å². The number of halogens is 1. The minimum absolute atomic E-state index is 0.0556. The summed E-state index contributed by atoms with van der Waals surface area (Å²) in [5, 5.41) is 3.28. The minimum Gasteiger partial charge on any atom is -0.333 e. The summed E-state index contributed by atoms with van der Waals surface area (Å²) in [7, 11) is 0. The third-order valence-electron chi connectivity index (χ3n) is 2.47. The number of benzene rings is 1. The maximum absolute atomic E-state index is 11.9. The third kappa shape index (κ3) is 5.75. The molecule has 0 atom stereocenters. The molecule has 0 aromatic heterocycles. The highest BCUT2D eigenvalue weighted by Gasteiger charge is 2.14. The van der Waals surface area contributed by atoms with Crippen molar-refractivity contribution in [3.63, 3.8) is 0 Å². The highest BCUT2D eigenvalue weighted by atomic mass is 35.5. The van der Waals surface area contributed by atoms with Crippen molar-refractivity contribution >= 4 is 29.1 Å².